The molecule has 2 rings (SSSR count). The maximum absolute atomic E-state index is 12.4. The van der Waals surface area contributed by atoms with E-state index in [1.165, 1.54) is 0 Å². The van der Waals surface area contributed by atoms with Gasteiger partial charge < -0.3 is 10.6 Å². The first-order valence-corrected chi connectivity index (χ1v) is 7.62. The second kappa shape index (κ2) is 6.84. The van der Waals surface area contributed by atoms with Gasteiger partial charge in [0, 0.05) is 16.4 Å². The Morgan fingerprint density at radius 3 is 2.04 bits per heavy atom. The molecule has 120 valence electrons. The van der Waals surface area contributed by atoms with Crippen molar-refractivity contribution >= 4 is 34.8 Å². The van der Waals surface area contributed by atoms with Gasteiger partial charge in [-0.15, -0.1) is 0 Å². The van der Waals surface area contributed by atoms with E-state index < -0.39 is 11.3 Å². The third kappa shape index (κ3) is 4.11. The van der Waals surface area contributed by atoms with E-state index in [0.29, 0.717) is 16.4 Å². The summed E-state index contributed by atoms with van der Waals surface area (Å²) in [6, 6.07) is 14.3. The van der Waals surface area contributed by atoms with Crippen LogP contribution in [0.2, 0.25) is 5.02 Å². The monoisotopic (exact) mass is 330 g/mol. The number of amides is 2. The Hall–Kier alpha value is -2.33. The molecule has 2 aromatic rings. The molecule has 2 N–H and O–H groups in total. The molecule has 0 radical (unpaired) electrons. The van der Waals surface area contributed by atoms with Crippen LogP contribution in [0, 0.1) is 12.3 Å². The number of halogens is 1. The summed E-state index contributed by atoms with van der Waals surface area (Å²) in [5.41, 5.74) is 0.904. The first-order chi connectivity index (χ1) is 10.8. The molecular weight excluding hydrogens is 312 g/mol. The highest BCUT2D eigenvalue weighted by atomic mass is 35.5. The van der Waals surface area contributed by atoms with Crippen LogP contribution in [0.1, 0.15) is 19.4 Å². The van der Waals surface area contributed by atoms with Crippen LogP contribution in [-0.2, 0) is 9.59 Å². The molecule has 0 heterocycles. The minimum Gasteiger partial charge on any atom is -0.325 e. The number of nitrogens with one attached hydrogen (secondary N) is 2. The zero-order chi connectivity index (χ0) is 17.0. The minimum absolute atomic E-state index is 0.376. The Morgan fingerprint density at radius 2 is 1.48 bits per heavy atom. The minimum atomic E-state index is -1.23. The second-order valence-corrected chi connectivity index (χ2v) is 6.27. The van der Waals surface area contributed by atoms with Crippen molar-refractivity contribution in [2.45, 2.75) is 20.8 Å². The second-order valence-electron chi connectivity index (χ2n) is 5.86. The molecule has 23 heavy (non-hydrogen) atoms. The summed E-state index contributed by atoms with van der Waals surface area (Å²) in [5.74, 6) is -0.773. The van der Waals surface area contributed by atoms with Crippen molar-refractivity contribution in [1.29, 1.82) is 0 Å². The van der Waals surface area contributed by atoms with Gasteiger partial charge >= 0.3 is 0 Å². The van der Waals surface area contributed by atoms with Crippen LogP contribution in [0.3, 0.4) is 0 Å². The van der Waals surface area contributed by atoms with Gasteiger partial charge in [0.15, 0.2) is 0 Å². The molecule has 0 atom stereocenters. The summed E-state index contributed by atoms with van der Waals surface area (Å²) in [6.07, 6.45) is 0. The third-order valence-electron chi connectivity index (χ3n) is 3.60. The predicted octanol–water partition coefficient (Wildman–Crippen LogP) is 4.25. The fourth-order valence-corrected chi connectivity index (χ4v) is 2.05. The van der Waals surface area contributed by atoms with Gasteiger partial charge in [0.25, 0.3) is 0 Å². The van der Waals surface area contributed by atoms with Crippen molar-refractivity contribution < 1.29 is 9.59 Å². The lowest BCUT2D eigenvalue weighted by Crippen LogP contribution is -2.41. The summed E-state index contributed by atoms with van der Waals surface area (Å²) in [7, 11) is 0. The Morgan fingerprint density at radius 1 is 0.913 bits per heavy atom. The van der Waals surface area contributed by atoms with E-state index in [0.717, 1.165) is 5.56 Å². The summed E-state index contributed by atoms with van der Waals surface area (Å²) in [6.45, 7) is 5.04. The van der Waals surface area contributed by atoms with E-state index in [4.69, 9.17) is 11.6 Å². The lowest BCUT2D eigenvalue weighted by atomic mass is 9.90. The number of carbonyl (C=O) groups is 2. The van der Waals surface area contributed by atoms with Gasteiger partial charge in [-0.2, -0.15) is 0 Å². The number of aryl methyl sites for hydroxylation is 1. The highest BCUT2D eigenvalue weighted by molar-refractivity contribution is 6.31. The molecule has 0 saturated heterocycles. The molecular formula is C18H19ClN2O2. The summed E-state index contributed by atoms with van der Waals surface area (Å²) < 4.78 is 0. The normalized spacial score (nSPS) is 11.0. The molecule has 4 nitrogen and oxygen atoms in total. The van der Waals surface area contributed by atoms with Crippen molar-refractivity contribution in [3.63, 3.8) is 0 Å². The Kier molecular flexibility index (Phi) is 5.06. The molecule has 0 bridgehead atoms. The topological polar surface area (TPSA) is 58.2 Å². The Labute approximate surface area is 140 Å². The Bertz CT molecular complexity index is 727. The van der Waals surface area contributed by atoms with E-state index in [1.807, 2.05) is 31.2 Å². The van der Waals surface area contributed by atoms with Gasteiger partial charge in [-0.1, -0.05) is 35.9 Å². The molecule has 0 aliphatic rings. The lowest BCUT2D eigenvalue weighted by molar-refractivity contribution is -0.135. The number of benzene rings is 2. The van der Waals surface area contributed by atoms with Crippen molar-refractivity contribution in [2.24, 2.45) is 5.41 Å². The number of anilines is 2. The van der Waals surface area contributed by atoms with Crippen molar-refractivity contribution in [1.82, 2.24) is 0 Å². The van der Waals surface area contributed by atoms with E-state index in [9.17, 15) is 9.59 Å². The maximum Gasteiger partial charge on any atom is 0.239 e. The molecule has 0 aromatic heterocycles. The highest BCUT2D eigenvalue weighted by Gasteiger charge is 2.36. The number of para-hydroxylation sites is 1. The first-order valence-electron chi connectivity index (χ1n) is 7.25. The molecule has 0 spiro atoms. The molecule has 0 aliphatic heterocycles. The summed E-state index contributed by atoms with van der Waals surface area (Å²) in [5, 5.41) is 6.04. The third-order valence-corrected chi connectivity index (χ3v) is 4.00. The average molecular weight is 331 g/mol. The van der Waals surface area contributed by atoms with Gasteiger partial charge in [-0.25, -0.2) is 0 Å². The molecule has 0 fully saturated rings. The van der Waals surface area contributed by atoms with E-state index >= 15 is 0 Å². The van der Waals surface area contributed by atoms with Gasteiger partial charge in [0.1, 0.15) is 5.41 Å². The number of carbonyl (C=O) groups excluding carboxylic acids is 2. The van der Waals surface area contributed by atoms with Gasteiger partial charge in [0.2, 0.25) is 11.8 Å². The van der Waals surface area contributed by atoms with Crippen LogP contribution in [0.25, 0.3) is 0 Å². The van der Waals surface area contributed by atoms with Crippen LogP contribution in [-0.4, -0.2) is 11.8 Å². The predicted molar refractivity (Wildman–Crippen MR) is 93.7 cm³/mol. The molecule has 2 aromatic carbocycles. The first kappa shape index (κ1) is 17.0. The van der Waals surface area contributed by atoms with Gasteiger partial charge in [-0.3, -0.25) is 9.59 Å². The standard InChI is InChI=1S/C18H19ClN2O2/c1-12-9-10-14(11-15(12)19)21-17(23)18(2,3)16(22)20-13-7-5-4-6-8-13/h4-11H,1-3H3,(H,20,22)(H,21,23). The Balaban J connectivity index is 2.09. The van der Waals surface area contributed by atoms with Crippen molar-refractivity contribution in [3.8, 4) is 0 Å². The fourth-order valence-electron chi connectivity index (χ4n) is 1.87. The van der Waals surface area contributed by atoms with Crippen molar-refractivity contribution in [2.75, 3.05) is 10.6 Å². The van der Waals surface area contributed by atoms with E-state index in [1.54, 1.807) is 38.1 Å². The number of hydrogen-bond donors (Lipinski definition) is 2. The van der Waals surface area contributed by atoms with E-state index in [-0.39, 0.29) is 5.91 Å². The van der Waals surface area contributed by atoms with Gasteiger partial charge in [-0.05, 0) is 50.6 Å². The largest absolute Gasteiger partial charge is 0.325 e. The summed E-state index contributed by atoms with van der Waals surface area (Å²) >= 11 is 6.05. The van der Waals surface area contributed by atoms with Crippen LogP contribution in [0.15, 0.2) is 48.5 Å². The smallest absolute Gasteiger partial charge is 0.239 e. The maximum atomic E-state index is 12.4. The van der Waals surface area contributed by atoms with Crippen LogP contribution in [0.5, 0.6) is 0 Å². The average Bonchev–Trinajstić information content (AvgIpc) is 2.51. The number of rotatable bonds is 4. The molecule has 2 amide bonds. The zero-order valence-electron chi connectivity index (χ0n) is 13.3. The van der Waals surface area contributed by atoms with E-state index in [2.05, 4.69) is 10.6 Å². The van der Waals surface area contributed by atoms with Crippen LogP contribution in [0.4, 0.5) is 11.4 Å². The molecule has 5 heteroatoms. The number of hydrogen-bond acceptors (Lipinski definition) is 2. The molecule has 0 unspecified atom stereocenters. The van der Waals surface area contributed by atoms with Crippen LogP contribution >= 0.6 is 11.6 Å². The SMILES string of the molecule is Cc1ccc(NC(=O)C(C)(C)C(=O)Nc2ccccc2)cc1Cl. The molecule has 0 saturated carbocycles. The summed E-state index contributed by atoms with van der Waals surface area (Å²) in [4.78, 5) is 24.8. The molecule has 0 aliphatic carbocycles. The fraction of sp³-hybridized carbons (Fsp3) is 0.222. The van der Waals surface area contributed by atoms with Crippen LogP contribution < -0.4 is 10.6 Å². The highest BCUT2D eigenvalue weighted by Crippen LogP contribution is 2.24. The quantitative estimate of drug-likeness (QED) is 0.823. The zero-order valence-corrected chi connectivity index (χ0v) is 14.1. The van der Waals surface area contributed by atoms with Crippen molar-refractivity contribution in [3.05, 3.63) is 59.1 Å². The lowest BCUT2D eigenvalue weighted by Gasteiger charge is -2.23. The van der Waals surface area contributed by atoms with Gasteiger partial charge in [0.05, 0.1) is 0 Å².